The van der Waals surface area contributed by atoms with E-state index in [0.717, 1.165) is 66.0 Å². The number of aldehydes is 1. The number of aryl methyl sites for hydroxylation is 2. The van der Waals surface area contributed by atoms with E-state index in [-0.39, 0.29) is 31.6 Å². The van der Waals surface area contributed by atoms with Gasteiger partial charge in [0, 0.05) is 55.8 Å². The van der Waals surface area contributed by atoms with Gasteiger partial charge in [0.15, 0.2) is 6.29 Å². The highest BCUT2D eigenvalue weighted by molar-refractivity contribution is 6.92. The van der Waals surface area contributed by atoms with Crippen LogP contribution in [0.2, 0.25) is 0 Å². The maximum Gasteiger partial charge on any atom is 0.220 e. The molecule has 4 aromatic carbocycles. The maximum atomic E-state index is 12.0. The van der Waals surface area contributed by atoms with E-state index in [2.05, 4.69) is 36.6 Å². The number of amides is 2. The first-order valence-electron chi connectivity index (χ1n) is 19.0. The number of unbranched alkanes of at least 4 members (excludes halogenated alkanes) is 2. The first-order chi connectivity index (χ1) is 27.1. The molecule has 0 aliphatic carbocycles. The summed E-state index contributed by atoms with van der Waals surface area (Å²) in [5, 5.41) is 5.88. The minimum atomic E-state index is 0. The van der Waals surface area contributed by atoms with E-state index in [1.54, 1.807) is 26.4 Å². The molecule has 13 heteroatoms. The fourth-order valence-electron chi connectivity index (χ4n) is 5.65. The van der Waals surface area contributed by atoms with E-state index in [4.69, 9.17) is 28.4 Å². The number of carbonyl (C=O) groups excluding carboxylic acids is 3. The molecular formula is C45H64N2O9P2. The molecule has 0 aliphatic heterocycles. The van der Waals surface area contributed by atoms with Gasteiger partial charge in [-0.15, -0.1) is 0 Å². The van der Waals surface area contributed by atoms with E-state index in [1.165, 1.54) is 25.3 Å². The highest BCUT2D eigenvalue weighted by atomic mass is 31.0. The first kappa shape index (κ1) is 51.2. The molecule has 318 valence electrons. The highest BCUT2D eigenvalue weighted by Gasteiger charge is 2.14. The summed E-state index contributed by atoms with van der Waals surface area (Å²) in [5.41, 5.74) is 6.00. The van der Waals surface area contributed by atoms with Gasteiger partial charge in [0.05, 0.1) is 47.2 Å². The van der Waals surface area contributed by atoms with Crippen molar-refractivity contribution in [3.63, 3.8) is 0 Å². The summed E-state index contributed by atoms with van der Waals surface area (Å²) in [6.45, 7) is 8.26. The molecule has 11 nitrogen and oxygen atoms in total. The van der Waals surface area contributed by atoms with E-state index in [1.807, 2.05) is 55.5 Å². The van der Waals surface area contributed by atoms with Crippen molar-refractivity contribution in [2.75, 3.05) is 41.7 Å². The molecule has 0 saturated heterocycles. The number of rotatable bonds is 22. The Balaban J connectivity index is 0.000000561. The lowest BCUT2D eigenvalue weighted by molar-refractivity contribution is -0.122. The maximum absolute atomic E-state index is 12.0. The minimum Gasteiger partial charge on any atom is -0.496 e. The molecule has 0 spiro atoms. The molecule has 4 aromatic rings. The average Bonchev–Trinajstić information content (AvgIpc) is 3.22. The fourth-order valence-corrected chi connectivity index (χ4v) is 5.65. The number of nitrogens with one attached hydrogen (secondary N) is 2. The summed E-state index contributed by atoms with van der Waals surface area (Å²) in [5.74, 6) is 3.72. The predicted octanol–water partition coefficient (Wildman–Crippen LogP) is 8.25. The topological polar surface area (TPSA) is 131 Å². The van der Waals surface area contributed by atoms with Crippen molar-refractivity contribution in [1.29, 1.82) is 0 Å². The van der Waals surface area contributed by atoms with Crippen LogP contribution in [0.3, 0.4) is 0 Å². The quantitative estimate of drug-likeness (QED) is 0.0457. The zero-order valence-electron chi connectivity index (χ0n) is 35.4. The number of benzene rings is 4. The molecule has 2 amide bonds. The monoisotopic (exact) mass is 838 g/mol. The fraction of sp³-hybridized carbons (Fsp3) is 0.400. The van der Waals surface area contributed by atoms with Crippen LogP contribution in [0.1, 0.15) is 83.6 Å². The Bertz CT molecular complexity index is 1770. The second kappa shape index (κ2) is 28.5. The lowest BCUT2D eigenvalue weighted by atomic mass is 10.1. The van der Waals surface area contributed by atoms with Crippen molar-refractivity contribution < 1.29 is 42.8 Å². The molecule has 0 radical (unpaired) electrons. The summed E-state index contributed by atoms with van der Waals surface area (Å²) in [4.78, 5) is 35.1. The van der Waals surface area contributed by atoms with E-state index < -0.39 is 0 Å². The van der Waals surface area contributed by atoms with Crippen LogP contribution in [0.5, 0.6) is 34.5 Å². The molecule has 0 heterocycles. The first-order valence-corrected chi connectivity index (χ1v) is 19.0. The van der Waals surface area contributed by atoms with Gasteiger partial charge >= 0.3 is 0 Å². The van der Waals surface area contributed by atoms with Gasteiger partial charge in [-0.2, -0.15) is 19.8 Å². The van der Waals surface area contributed by atoms with Crippen molar-refractivity contribution in [2.24, 2.45) is 0 Å². The number of carbonyl (C=O) groups is 3. The van der Waals surface area contributed by atoms with Crippen LogP contribution in [0.4, 0.5) is 0 Å². The van der Waals surface area contributed by atoms with Crippen molar-refractivity contribution in [3.8, 4) is 34.5 Å². The second-order valence-corrected chi connectivity index (χ2v) is 13.2. The van der Waals surface area contributed by atoms with Crippen LogP contribution in [-0.4, -0.2) is 59.8 Å². The average molecular weight is 839 g/mol. The standard InChI is InChI=1S/C23H31NO4.C22H27NO5.2H3P/c1-5-20-21(26-3)14-19(15-22(20)27-4)28-13-7-6-8-23(25)24-16-18-11-9-17(2)10-12-18;1-16-7-9-17(10-8-16)14-23-22(25)6-4-5-11-28-18-12-20(26-2)19(15-24)21(13-18)27-3;;/h9-12,14-15H,5-8,13,16H2,1-4H3,(H,24,25);7-10,12-13,15H,4-6,11,14H2,1-3H3,(H,23,25);2*1H3. The lowest BCUT2D eigenvalue weighted by Crippen LogP contribution is -2.22. The number of ether oxygens (including phenoxy) is 6. The van der Waals surface area contributed by atoms with Crippen molar-refractivity contribution in [1.82, 2.24) is 10.6 Å². The number of methoxy groups -OCH3 is 4. The normalized spacial score (nSPS) is 9.98. The van der Waals surface area contributed by atoms with Gasteiger partial charge in [0.2, 0.25) is 11.8 Å². The number of hydrogen-bond donors (Lipinski definition) is 2. The molecule has 0 bridgehead atoms. The summed E-state index contributed by atoms with van der Waals surface area (Å²) in [6.07, 6.45) is 5.50. The van der Waals surface area contributed by atoms with Crippen LogP contribution in [0.15, 0.2) is 72.8 Å². The summed E-state index contributed by atoms with van der Waals surface area (Å²) in [7, 11) is 6.27. The molecule has 0 fully saturated rings. The van der Waals surface area contributed by atoms with Gasteiger partial charge in [-0.1, -0.05) is 66.6 Å². The minimum absolute atomic E-state index is 0. The van der Waals surface area contributed by atoms with Gasteiger partial charge in [-0.05, 0) is 57.1 Å². The van der Waals surface area contributed by atoms with Crippen molar-refractivity contribution in [2.45, 2.75) is 78.8 Å². The van der Waals surface area contributed by atoms with Crippen molar-refractivity contribution in [3.05, 3.63) is 106 Å². The van der Waals surface area contributed by atoms with Crippen LogP contribution in [-0.2, 0) is 29.1 Å². The zero-order valence-corrected chi connectivity index (χ0v) is 38.2. The Hall–Kier alpha value is -4.85. The van der Waals surface area contributed by atoms with E-state index in [9.17, 15) is 14.4 Å². The molecule has 2 N–H and O–H groups in total. The number of hydrogen-bond acceptors (Lipinski definition) is 9. The molecule has 0 aromatic heterocycles. The van der Waals surface area contributed by atoms with Gasteiger partial charge in [-0.3, -0.25) is 14.4 Å². The third kappa shape index (κ3) is 17.7. The summed E-state index contributed by atoms with van der Waals surface area (Å²) in [6, 6.07) is 23.3. The molecule has 0 saturated carbocycles. The third-order valence-corrected chi connectivity index (χ3v) is 8.92. The van der Waals surface area contributed by atoms with Crippen LogP contribution in [0.25, 0.3) is 0 Å². The molecular weight excluding hydrogens is 774 g/mol. The Kier molecular flexibility index (Phi) is 25.2. The zero-order chi connectivity index (χ0) is 40.7. The largest absolute Gasteiger partial charge is 0.496 e. The molecule has 58 heavy (non-hydrogen) atoms. The molecule has 4 rings (SSSR count). The summed E-state index contributed by atoms with van der Waals surface area (Å²) >= 11 is 0. The Morgan fingerprint density at radius 2 is 0.931 bits per heavy atom. The highest BCUT2D eigenvalue weighted by Crippen LogP contribution is 2.35. The smallest absolute Gasteiger partial charge is 0.220 e. The van der Waals surface area contributed by atoms with Gasteiger partial charge in [-0.25, -0.2) is 0 Å². The van der Waals surface area contributed by atoms with Crippen LogP contribution < -0.4 is 39.1 Å². The van der Waals surface area contributed by atoms with E-state index in [0.29, 0.717) is 68.2 Å². The Morgan fingerprint density at radius 3 is 1.26 bits per heavy atom. The molecule has 2 atom stereocenters. The van der Waals surface area contributed by atoms with Crippen molar-refractivity contribution >= 4 is 37.9 Å². The predicted molar refractivity (Wildman–Crippen MR) is 241 cm³/mol. The summed E-state index contributed by atoms with van der Waals surface area (Å²) < 4.78 is 32.8. The third-order valence-electron chi connectivity index (χ3n) is 8.92. The van der Waals surface area contributed by atoms with Gasteiger partial charge in [0.1, 0.15) is 34.5 Å². The Morgan fingerprint density at radius 1 is 0.569 bits per heavy atom. The SMILES string of the molecule is CCc1c(OC)cc(OCCCCC(=O)NCc2ccc(C)cc2)cc1OC.COc1cc(OCCCCC(=O)NCc2ccc(C)cc2)cc(OC)c1C=O.P.P. The van der Waals surface area contributed by atoms with Crippen LogP contribution in [0, 0.1) is 13.8 Å². The second-order valence-electron chi connectivity index (χ2n) is 13.2. The lowest BCUT2D eigenvalue weighted by Gasteiger charge is -2.15. The van der Waals surface area contributed by atoms with Crippen LogP contribution >= 0.6 is 19.8 Å². The molecule has 2 unspecified atom stereocenters. The van der Waals surface area contributed by atoms with E-state index >= 15 is 0 Å². The van der Waals surface area contributed by atoms with Gasteiger partial charge in [0.25, 0.3) is 0 Å². The van der Waals surface area contributed by atoms with Gasteiger partial charge < -0.3 is 39.1 Å². The Labute approximate surface area is 351 Å². The molecule has 0 aliphatic rings.